The first-order chi connectivity index (χ1) is 16.6. The summed E-state index contributed by atoms with van der Waals surface area (Å²) >= 11 is 0. The molecule has 0 aliphatic carbocycles. The summed E-state index contributed by atoms with van der Waals surface area (Å²) in [6.45, 7) is 7.77. The normalized spacial score (nSPS) is 15.8. The number of anilines is 1. The third-order valence-corrected chi connectivity index (χ3v) is 6.57. The number of hydrogen-bond donors (Lipinski definition) is 3. The number of rotatable bonds is 8. The van der Waals surface area contributed by atoms with Gasteiger partial charge in [-0.2, -0.15) is 0 Å². The zero-order chi connectivity index (χ0) is 23.9. The van der Waals surface area contributed by atoms with E-state index in [4.69, 9.17) is 0 Å². The number of hydrogen-bond acceptors (Lipinski definition) is 4. The van der Waals surface area contributed by atoms with Crippen molar-refractivity contribution in [3.63, 3.8) is 0 Å². The molecule has 1 aliphatic rings. The maximum absolute atomic E-state index is 12.3. The zero-order valence-corrected chi connectivity index (χ0v) is 20.2. The molecule has 1 unspecified atom stereocenters. The van der Waals surface area contributed by atoms with Gasteiger partial charge >= 0.3 is 0 Å². The molecule has 1 aliphatic heterocycles. The van der Waals surface area contributed by atoms with E-state index in [9.17, 15) is 9.90 Å². The first-order valence-electron chi connectivity index (χ1n) is 12.4. The van der Waals surface area contributed by atoms with Crippen LogP contribution in [0.5, 0.6) is 5.75 Å². The van der Waals surface area contributed by atoms with Gasteiger partial charge in [-0.05, 0) is 77.9 Å². The van der Waals surface area contributed by atoms with Crippen molar-refractivity contribution in [1.29, 1.82) is 0 Å². The number of nitrogens with zero attached hydrogens (tertiary/aromatic N) is 1. The van der Waals surface area contributed by atoms with E-state index in [1.807, 2.05) is 30.3 Å². The Labute approximate surface area is 202 Å². The smallest absolute Gasteiger partial charge is 0.251 e. The van der Waals surface area contributed by atoms with Crippen LogP contribution in [0.3, 0.4) is 0 Å². The standard InChI is InChI=1S/C29H35N3O2/c1-3-14-31-29(34)22-10-12-26(13-11-22)32-16-15-30-20-27(32)18-25-9-8-24(17-21(25)4-2)23-6-5-7-28(33)19-23/h5-13,17,19,27,30,33H,3-4,14-16,18,20H2,1-2H3,(H,31,34). The second-order valence-corrected chi connectivity index (χ2v) is 8.95. The van der Waals surface area contributed by atoms with E-state index in [1.54, 1.807) is 6.07 Å². The predicted octanol–water partition coefficient (Wildman–Crippen LogP) is 4.78. The molecule has 5 heteroatoms. The third kappa shape index (κ3) is 5.60. The minimum atomic E-state index is -0.00956. The van der Waals surface area contributed by atoms with Crippen LogP contribution in [0.4, 0.5) is 5.69 Å². The van der Waals surface area contributed by atoms with Gasteiger partial charge in [0, 0.05) is 43.5 Å². The molecule has 0 aromatic heterocycles. The third-order valence-electron chi connectivity index (χ3n) is 6.57. The Hall–Kier alpha value is -3.31. The molecule has 34 heavy (non-hydrogen) atoms. The molecule has 0 radical (unpaired) electrons. The Bertz CT molecular complexity index is 1110. The van der Waals surface area contributed by atoms with Crippen LogP contribution in [-0.4, -0.2) is 43.2 Å². The highest BCUT2D eigenvalue weighted by atomic mass is 16.3. The van der Waals surface area contributed by atoms with E-state index in [1.165, 1.54) is 11.1 Å². The fourth-order valence-electron chi connectivity index (χ4n) is 4.70. The lowest BCUT2D eigenvalue weighted by Gasteiger charge is -2.38. The molecule has 4 rings (SSSR count). The number of aromatic hydroxyl groups is 1. The molecule has 1 atom stereocenters. The van der Waals surface area contributed by atoms with Crippen LogP contribution in [-0.2, 0) is 12.8 Å². The van der Waals surface area contributed by atoms with Gasteiger partial charge in [-0.15, -0.1) is 0 Å². The lowest BCUT2D eigenvalue weighted by atomic mass is 9.93. The summed E-state index contributed by atoms with van der Waals surface area (Å²) in [5.41, 5.74) is 6.74. The van der Waals surface area contributed by atoms with Crippen molar-refractivity contribution in [2.24, 2.45) is 0 Å². The van der Waals surface area contributed by atoms with E-state index in [0.29, 0.717) is 18.2 Å². The quantitative estimate of drug-likeness (QED) is 0.455. The molecule has 1 heterocycles. The number of aryl methyl sites for hydroxylation is 1. The number of benzene rings is 3. The van der Waals surface area contributed by atoms with Crippen LogP contribution >= 0.6 is 0 Å². The molecule has 0 spiro atoms. The van der Waals surface area contributed by atoms with E-state index >= 15 is 0 Å². The van der Waals surface area contributed by atoms with Gasteiger partial charge in [-0.1, -0.05) is 44.2 Å². The van der Waals surface area contributed by atoms with Gasteiger partial charge in [-0.25, -0.2) is 0 Å². The number of carbonyl (C=O) groups excluding carboxylic acids is 1. The van der Waals surface area contributed by atoms with Crippen molar-refractivity contribution < 1.29 is 9.90 Å². The van der Waals surface area contributed by atoms with Gasteiger partial charge in [0.15, 0.2) is 0 Å². The maximum atomic E-state index is 12.3. The molecule has 3 N–H and O–H groups in total. The van der Waals surface area contributed by atoms with Crippen molar-refractivity contribution in [2.45, 2.75) is 39.2 Å². The summed E-state index contributed by atoms with van der Waals surface area (Å²) in [7, 11) is 0. The number of nitrogens with one attached hydrogen (secondary N) is 2. The van der Waals surface area contributed by atoms with Gasteiger partial charge < -0.3 is 20.6 Å². The predicted molar refractivity (Wildman–Crippen MR) is 140 cm³/mol. The van der Waals surface area contributed by atoms with Crippen LogP contribution in [0.2, 0.25) is 0 Å². The van der Waals surface area contributed by atoms with E-state index in [-0.39, 0.29) is 11.7 Å². The fraction of sp³-hybridized carbons (Fsp3) is 0.345. The second kappa shape index (κ2) is 11.2. The van der Waals surface area contributed by atoms with E-state index in [0.717, 1.165) is 55.7 Å². The van der Waals surface area contributed by atoms with E-state index < -0.39 is 0 Å². The highest BCUT2D eigenvalue weighted by Crippen LogP contribution is 2.28. The van der Waals surface area contributed by atoms with Gasteiger partial charge in [0.2, 0.25) is 0 Å². The molecule has 1 saturated heterocycles. The molecule has 3 aromatic carbocycles. The van der Waals surface area contributed by atoms with Crippen LogP contribution in [0.15, 0.2) is 66.7 Å². The summed E-state index contributed by atoms with van der Waals surface area (Å²) < 4.78 is 0. The summed E-state index contributed by atoms with van der Waals surface area (Å²) in [5.74, 6) is 0.280. The van der Waals surface area contributed by atoms with Crippen LogP contribution < -0.4 is 15.5 Å². The Morgan fingerprint density at radius 1 is 1.03 bits per heavy atom. The largest absolute Gasteiger partial charge is 0.508 e. The molecule has 1 fully saturated rings. The molecular weight excluding hydrogens is 422 g/mol. The summed E-state index contributed by atoms with van der Waals surface area (Å²) in [4.78, 5) is 14.7. The molecule has 1 amide bonds. The Morgan fingerprint density at radius 3 is 2.56 bits per heavy atom. The fourth-order valence-corrected chi connectivity index (χ4v) is 4.70. The monoisotopic (exact) mass is 457 g/mol. The average molecular weight is 458 g/mol. The van der Waals surface area contributed by atoms with Crippen molar-refractivity contribution >= 4 is 11.6 Å². The van der Waals surface area contributed by atoms with Crippen molar-refractivity contribution in [3.8, 4) is 16.9 Å². The summed E-state index contributed by atoms with van der Waals surface area (Å²) in [6, 6.07) is 22.4. The van der Waals surface area contributed by atoms with Crippen LogP contribution in [0.25, 0.3) is 11.1 Å². The minimum absolute atomic E-state index is 0.00956. The molecule has 5 nitrogen and oxygen atoms in total. The lowest BCUT2D eigenvalue weighted by molar-refractivity contribution is 0.0953. The van der Waals surface area contributed by atoms with Crippen molar-refractivity contribution in [3.05, 3.63) is 83.4 Å². The molecule has 0 bridgehead atoms. The first kappa shape index (κ1) is 23.8. The van der Waals surface area contributed by atoms with Crippen LogP contribution in [0.1, 0.15) is 41.8 Å². The highest BCUT2D eigenvalue weighted by Gasteiger charge is 2.24. The second-order valence-electron chi connectivity index (χ2n) is 8.95. The summed E-state index contributed by atoms with van der Waals surface area (Å²) in [5, 5.41) is 16.4. The zero-order valence-electron chi connectivity index (χ0n) is 20.2. The first-order valence-corrected chi connectivity index (χ1v) is 12.4. The highest BCUT2D eigenvalue weighted by molar-refractivity contribution is 5.94. The number of piperazine rings is 1. The SMILES string of the molecule is CCCNC(=O)c1ccc(N2CCNCC2Cc2ccc(-c3cccc(O)c3)cc2CC)cc1. The molecule has 3 aromatic rings. The summed E-state index contributed by atoms with van der Waals surface area (Å²) in [6.07, 6.45) is 2.85. The number of phenolic OH excluding ortho intramolecular Hbond substituents is 1. The Balaban J connectivity index is 1.52. The van der Waals surface area contributed by atoms with Crippen LogP contribution in [0, 0.1) is 0 Å². The van der Waals surface area contributed by atoms with Gasteiger partial charge in [0.25, 0.3) is 5.91 Å². The Kier molecular flexibility index (Phi) is 7.86. The number of phenols is 1. The van der Waals surface area contributed by atoms with Gasteiger partial charge in [0.05, 0.1) is 0 Å². The van der Waals surface area contributed by atoms with Crippen molar-refractivity contribution in [1.82, 2.24) is 10.6 Å². The van der Waals surface area contributed by atoms with Gasteiger partial charge in [0.1, 0.15) is 5.75 Å². The van der Waals surface area contributed by atoms with Gasteiger partial charge in [-0.3, -0.25) is 4.79 Å². The number of amides is 1. The van der Waals surface area contributed by atoms with Crippen molar-refractivity contribution in [2.75, 3.05) is 31.1 Å². The van der Waals surface area contributed by atoms with E-state index in [2.05, 4.69) is 59.7 Å². The maximum Gasteiger partial charge on any atom is 0.251 e. The average Bonchev–Trinajstić information content (AvgIpc) is 2.88. The Morgan fingerprint density at radius 2 is 1.82 bits per heavy atom. The lowest BCUT2D eigenvalue weighted by Crippen LogP contribution is -2.52. The molecule has 0 saturated carbocycles. The minimum Gasteiger partial charge on any atom is -0.508 e. The topological polar surface area (TPSA) is 64.6 Å². The molecule has 178 valence electrons. The number of carbonyl (C=O) groups is 1. The molecular formula is C29H35N3O2.